The van der Waals surface area contributed by atoms with Crippen LogP contribution in [0.5, 0.6) is 0 Å². The number of rotatable bonds is 4. The summed E-state index contributed by atoms with van der Waals surface area (Å²) in [6, 6.07) is 2.04. The topological polar surface area (TPSA) is 52.6 Å². The SMILES string of the molecule is CN=C(NCc1sc(C)nc1C)NC1CC(C)N(C2CC2)C1.I. The zero-order valence-corrected chi connectivity index (χ0v) is 17.6. The summed E-state index contributed by atoms with van der Waals surface area (Å²) >= 11 is 1.76. The molecule has 1 saturated carbocycles. The number of halogens is 1. The summed E-state index contributed by atoms with van der Waals surface area (Å²) in [6.07, 6.45) is 3.97. The number of nitrogens with one attached hydrogen (secondary N) is 2. The average molecular weight is 449 g/mol. The lowest BCUT2D eigenvalue weighted by molar-refractivity contribution is 0.256. The molecule has 23 heavy (non-hydrogen) atoms. The van der Waals surface area contributed by atoms with Crippen molar-refractivity contribution in [3.05, 3.63) is 15.6 Å². The summed E-state index contributed by atoms with van der Waals surface area (Å²) < 4.78 is 0. The molecule has 2 atom stereocenters. The zero-order chi connectivity index (χ0) is 15.7. The van der Waals surface area contributed by atoms with E-state index in [2.05, 4.69) is 46.3 Å². The molecule has 0 spiro atoms. The molecule has 2 N–H and O–H groups in total. The number of hydrogen-bond donors (Lipinski definition) is 2. The Morgan fingerprint density at radius 1 is 1.39 bits per heavy atom. The van der Waals surface area contributed by atoms with Crippen LogP contribution in [-0.4, -0.2) is 47.6 Å². The van der Waals surface area contributed by atoms with Gasteiger partial charge in [-0.2, -0.15) is 0 Å². The van der Waals surface area contributed by atoms with Gasteiger partial charge in [-0.3, -0.25) is 9.89 Å². The maximum absolute atomic E-state index is 4.48. The van der Waals surface area contributed by atoms with Crippen molar-refractivity contribution >= 4 is 41.3 Å². The lowest BCUT2D eigenvalue weighted by atomic mass is 10.2. The molecule has 0 amide bonds. The highest BCUT2D eigenvalue weighted by Gasteiger charge is 2.38. The van der Waals surface area contributed by atoms with Gasteiger partial charge in [0.05, 0.1) is 17.2 Å². The Kier molecular flexibility index (Phi) is 6.67. The van der Waals surface area contributed by atoms with E-state index in [1.165, 1.54) is 24.1 Å². The number of nitrogens with zero attached hydrogens (tertiary/aromatic N) is 3. The number of aliphatic imine (C=N–C) groups is 1. The van der Waals surface area contributed by atoms with Gasteiger partial charge in [-0.1, -0.05) is 0 Å². The fourth-order valence-corrected chi connectivity index (χ4v) is 4.24. The summed E-state index contributed by atoms with van der Waals surface area (Å²) in [5, 5.41) is 8.15. The Morgan fingerprint density at radius 3 is 2.70 bits per heavy atom. The fourth-order valence-electron chi connectivity index (χ4n) is 3.37. The van der Waals surface area contributed by atoms with Gasteiger partial charge in [0.2, 0.25) is 0 Å². The molecular weight excluding hydrogens is 421 g/mol. The maximum atomic E-state index is 4.48. The van der Waals surface area contributed by atoms with Crippen LogP contribution in [0.4, 0.5) is 0 Å². The van der Waals surface area contributed by atoms with Crippen LogP contribution in [0.2, 0.25) is 0 Å². The minimum Gasteiger partial charge on any atom is -0.352 e. The monoisotopic (exact) mass is 449 g/mol. The third-order valence-electron chi connectivity index (χ3n) is 4.62. The molecule has 5 nitrogen and oxygen atoms in total. The predicted molar refractivity (Wildman–Crippen MR) is 108 cm³/mol. The molecule has 0 aromatic carbocycles. The number of aromatic nitrogens is 1. The normalized spacial score (nSPS) is 25.3. The molecule has 0 radical (unpaired) electrons. The van der Waals surface area contributed by atoms with E-state index in [4.69, 9.17) is 0 Å². The van der Waals surface area contributed by atoms with Crippen molar-refractivity contribution in [1.82, 2.24) is 20.5 Å². The van der Waals surface area contributed by atoms with Gasteiger partial charge < -0.3 is 10.6 Å². The van der Waals surface area contributed by atoms with Gasteiger partial charge in [0.15, 0.2) is 5.96 Å². The highest BCUT2D eigenvalue weighted by Crippen LogP contribution is 2.33. The van der Waals surface area contributed by atoms with Crippen molar-refractivity contribution in [3.8, 4) is 0 Å². The van der Waals surface area contributed by atoms with Crippen molar-refractivity contribution in [2.24, 2.45) is 4.99 Å². The molecular formula is C16H28IN5S. The van der Waals surface area contributed by atoms with Crippen LogP contribution < -0.4 is 10.6 Å². The molecule has 130 valence electrons. The number of hydrogen-bond acceptors (Lipinski definition) is 4. The molecule has 1 saturated heterocycles. The Labute approximate surface area is 160 Å². The van der Waals surface area contributed by atoms with Crippen molar-refractivity contribution in [2.45, 2.75) is 64.7 Å². The summed E-state index contributed by atoms with van der Waals surface area (Å²) in [6.45, 7) is 8.42. The molecule has 2 heterocycles. The van der Waals surface area contributed by atoms with Gasteiger partial charge in [-0.05, 0) is 40.0 Å². The van der Waals surface area contributed by atoms with E-state index in [0.29, 0.717) is 12.1 Å². The summed E-state index contributed by atoms with van der Waals surface area (Å²) in [5.41, 5.74) is 1.12. The molecule has 1 aromatic heterocycles. The second-order valence-electron chi connectivity index (χ2n) is 6.52. The number of thiazole rings is 1. The van der Waals surface area contributed by atoms with Crippen LogP contribution in [-0.2, 0) is 6.54 Å². The van der Waals surface area contributed by atoms with Crippen molar-refractivity contribution in [3.63, 3.8) is 0 Å². The Balaban J connectivity index is 0.00000192. The van der Waals surface area contributed by atoms with Gasteiger partial charge in [0, 0.05) is 36.6 Å². The van der Waals surface area contributed by atoms with E-state index < -0.39 is 0 Å². The second kappa shape index (κ2) is 8.11. The number of guanidine groups is 1. The molecule has 1 aliphatic heterocycles. The smallest absolute Gasteiger partial charge is 0.191 e. The minimum atomic E-state index is 0. The van der Waals surface area contributed by atoms with Crippen molar-refractivity contribution in [2.75, 3.05) is 13.6 Å². The van der Waals surface area contributed by atoms with E-state index in [1.807, 2.05) is 7.05 Å². The van der Waals surface area contributed by atoms with Crippen molar-refractivity contribution in [1.29, 1.82) is 0 Å². The standard InChI is InChI=1S/C16H27N5S.HI/c1-10-7-13(9-21(10)14-5-6-14)20-16(17-4)18-8-15-11(2)19-12(3)22-15;/h10,13-14H,5-9H2,1-4H3,(H2,17,18,20);1H. The van der Waals surface area contributed by atoms with E-state index in [9.17, 15) is 0 Å². The summed E-state index contributed by atoms with van der Waals surface area (Å²) in [5.74, 6) is 0.903. The van der Waals surface area contributed by atoms with Crippen LogP contribution in [0, 0.1) is 13.8 Å². The Bertz CT molecular complexity index is 555. The molecule has 1 aromatic rings. The average Bonchev–Trinajstić information content (AvgIpc) is 3.18. The molecule has 1 aliphatic carbocycles. The first-order valence-corrected chi connectivity index (χ1v) is 9.04. The molecule has 2 aliphatic rings. The molecule has 0 bridgehead atoms. The minimum absolute atomic E-state index is 0. The molecule has 2 unspecified atom stereocenters. The van der Waals surface area contributed by atoms with Gasteiger partial charge in [-0.15, -0.1) is 35.3 Å². The van der Waals surface area contributed by atoms with Crippen LogP contribution in [0.1, 0.15) is 41.8 Å². The van der Waals surface area contributed by atoms with Gasteiger partial charge >= 0.3 is 0 Å². The third kappa shape index (κ3) is 4.79. The Morgan fingerprint density at radius 2 is 2.13 bits per heavy atom. The number of likely N-dealkylation sites (tertiary alicyclic amines) is 1. The van der Waals surface area contributed by atoms with E-state index >= 15 is 0 Å². The van der Waals surface area contributed by atoms with Gasteiger partial charge in [0.25, 0.3) is 0 Å². The fraction of sp³-hybridized carbons (Fsp3) is 0.750. The quantitative estimate of drug-likeness (QED) is 0.422. The number of aryl methyl sites for hydroxylation is 2. The molecule has 7 heteroatoms. The van der Waals surface area contributed by atoms with Crippen LogP contribution in [0.25, 0.3) is 0 Å². The zero-order valence-electron chi connectivity index (χ0n) is 14.4. The van der Waals surface area contributed by atoms with E-state index in [0.717, 1.165) is 35.8 Å². The summed E-state index contributed by atoms with van der Waals surface area (Å²) in [7, 11) is 1.84. The molecule has 3 rings (SSSR count). The highest BCUT2D eigenvalue weighted by molar-refractivity contribution is 14.0. The predicted octanol–water partition coefficient (Wildman–Crippen LogP) is 2.67. The maximum Gasteiger partial charge on any atom is 0.191 e. The Hall–Kier alpha value is -0.410. The second-order valence-corrected chi connectivity index (χ2v) is 7.81. The lowest BCUT2D eigenvalue weighted by Crippen LogP contribution is -2.44. The van der Waals surface area contributed by atoms with Crippen molar-refractivity contribution < 1.29 is 0 Å². The van der Waals surface area contributed by atoms with E-state index in [-0.39, 0.29) is 24.0 Å². The van der Waals surface area contributed by atoms with Crippen LogP contribution in [0.3, 0.4) is 0 Å². The van der Waals surface area contributed by atoms with Crippen LogP contribution >= 0.6 is 35.3 Å². The van der Waals surface area contributed by atoms with Gasteiger partial charge in [-0.25, -0.2) is 4.98 Å². The molecule has 2 fully saturated rings. The van der Waals surface area contributed by atoms with Gasteiger partial charge in [0.1, 0.15) is 0 Å². The lowest BCUT2D eigenvalue weighted by Gasteiger charge is -2.20. The first-order valence-electron chi connectivity index (χ1n) is 8.22. The first-order chi connectivity index (χ1) is 10.6. The third-order valence-corrected chi connectivity index (χ3v) is 5.69. The van der Waals surface area contributed by atoms with E-state index in [1.54, 1.807) is 11.3 Å². The largest absolute Gasteiger partial charge is 0.352 e. The first kappa shape index (κ1) is 18.9. The highest BCUT2D eigenvalue weighted by atomic mass is 127. The summed E-state index contributed by atoms with van der Waals surface area (Å²) in [4.78, 5) is 12.8. The van der Waals surface area contributed by atoms with Crippen LogP contribution in [0.15, 0.2) is 4.99 Å².